The number of nitrogens with zero attached hydrogens (tertiary/aromatic N) is 1. The number of rotatable bonds is 7. The molecule has 42 heavy (non-hydrogen) atoms. The van der Waals surface area contributed by atoms with E-state index in [9.17, 15) is 24.2 Å². The molecule has 2 aromatic carbocycles. The van der Waals surface area contributed by atoms with Crippen molar-refractivity contribution in [1.29, 1.82) is 0 Å². The van der Waals surface area contributed by atoms with Crippen molar-refractivity contribution < 1.29 is 28.6 Å². The molecule has 3 aliphatic heterocycles. The second kappa shape index (κ2) is 11.6. The van der Waals surface area contributed by atoms with Crippen molar-refractivity contribution in [3.8, 4) is 0 Å². The van der Waals surface area contributed by atoms with Crippen LogP contribution < -0.4 is 16.0 Å². The zero-order valence-electron chi connectivity index (χ0n) is 23.7. The third-order valence-corrected chi connectivity index (χ3v) is 9.15. The fourth-order valence-electron chi connectivity index (χ4n) is 6.79. The van der Waals surface area contributed by atoms with E-state index in [2.05, 4.69) is 16.0 Å². The Morgan fingerprint density at radius 3 is 2.40 bits per heavy atom. The van der Waals surface area contributed by atoms with E-state index in [4.69, 9.17) is 23.2 Å². The SMILES string of the molecule is CC(C)(C)C[C@H]1N[C@@H](C(=O)NCCCN2C[C@@H](O)[C@H](O)C2)[C@H](c2ccc(F)c(Cl)c2)[C@@]12C(=O)Nc1cc(Cl)c(F)cc12. The summed E-state index contributed by atoms with van der Waals surface area (Å²) in [5.41, 5.74) is -0.521. The normalized spacial score (nSPS) is 29.3. The Kier molecular flexibility index (Phi) is 8.61. The number of β-amino-alcohol motifs (C(OH)–C–C–N with tert-alkyl or cyclic N) is 2. The zero-order valence-corrected chi connectivity index (χ0v) is 25.2. The molecule has 0 saturated carbocycles. The molecule has 5 N–H and O–H groups in total. The van der Waals surface area contributed by atoms with Crippen LogP contribution in [0.4, 0.5) is 14.5 Å². The first-order valence-corrected chi connectivity index (χ1v) is 14.9. The molecule has 8 nitrogen and oxygen atoms in total. The van der Waals surface area contributed by atoms with Gasteiger partial charge in [-0.1, -0.05) is 50.0 Å². The van der Waals surface area contributed by atoms with Gasteiger partial charge in [0.2, 0.25) is 11.8 Å². The first kappa shape index (κ1) is 31.1. The highest BCUT2D eigenvalue weighted by Gasteiger charge is 2.66. The molecule has 0 bridgehead atoms. The van der Waals surface area contributed by atoms with E-state index in [-0.39, 0.29) is 21.4 Å². The number of likely N-dealkylation sites (tertiary alicyclic amines) is 1. The number of nitrogens with one attached hydrogen (secondary N) is 3. The van der Waals surface area contributed by atoms with E-state index < -0.39 is 53.2 Å². The number of amides is 2. The standard InChI is InChI=1S/C30H36Cl2F2N4O4/c1-29(2,3)12-24-30(16-10-20(34)18(32)11-21(16)36-28(30)42)25(15-5-6-19(33)17(31)9-15)26(37-24)27(41)35-7-4-8-38-13-22(39)23(40)14-38/h5-6,9-11,22-26,37,39-40H,4,7-8,12-14H2,1-3H3,(H,35,41)(H,36,42)/t22-,23-,24-,25+,26-,30+/m1/s1. The fourth-order valence-corrected chi connectivity index (χ4v) is 7.15. The van der Waals surface area contributed by atoms with E-state index in [0.29, 0.717) is 55.8 Å². The third-order valence-electron chi connectivity index (χ3n) is 8.57. The molecule has 6 atom stereocenters. The van der Waals surface area contributed by atoms with Crippen LogP contribution in [0, 0.1) is 17.0 Å². The molecule has 3 aliphatic rings. The van der Waals surface area contributed by atoms with Crippen LogP contribution in [0.5, 0.6) is 0 Å². The molecular formula is C30H36Cl2F2N4O4. The van der Waals surface area contributed by atoms with Crippen molar-refractivity contribution in [2.24, 2.45) is 5.41 Å². The number of halogens is 4. The summed E-state index contributed by atoms with van der Waals surface area (Å²) in [7, 11) is 0. The molecule has 0 aliphatic carbocycles. The summed E-state index contributed by atoms with van der Waals surface area (Å²) in [6, 6.07) is 5.22. The van der Waals surface area contributed by atoms with E-state index in [1.54, 1.807) is 0 Å². The van der Waals surface area contributed by atoms with Crippen molar-refractivity contribution in [1.82, 2.24) is 15.5 Å². The van der Waals surface area contributed by atoms with Gasteiger partial charge < -0.3 is 26.2 Å². The van der Waals surface area contributed by atoms with E-state index in [1.165, 1.54) is 30.3 Å². The van der Waals surface area contributed by atoms with Gasteiger partial charge in [0.15, 0.2) is 0 Å². The van der Waals surface area contributed by atoms with Crippen LogP contribution in [-0.2, 0) is 15.0 Å². The van der Waals surface area contributed by atoms with Gasteiger partial charge in [0.1, 0.15) is 17.0 Å². The lowest BCUT2D eigenvalue weighted by atomic mass is 9.62. The maximum Gasteiger partial charge on any atom is 0.237 e. The fraction of sp³-hybridized carbons (Fsp3) is 0.533. The topological polar surface area (TPSA) is 114 Å². The summed E-state index contributed by atoms with van der Waals surface area (Å²) in [6.07, 6.45) is -0.559. The molecule has 0 aromatic heterocycles. The predicted molar refractivity (Wildman–Crippen MR) is 157 cm³/mol. The van der Waals surface area contributed by atoms with Gasteiger partial charge in [0.05, 0.1) is 28.3 Å². The molecule has 2 saturated heterocycles. The Morgan fingerprint density at radius 2 is 1.76 bits per heavy atom. The second-order valence-corrected chi connectivity index (χ2v) is 13.6. The van der Waals surface area contributed by atoms with Crippen LogP contribution >= 0.6 is 23.2 Å². The third kappa shape index (κ3) is 5.65. The van der Waals surface area contributed by atoms with Crippen molar-refractivity contribution in [3.63, 3.8) is 0 Å². The van der Waals surface area contributed by atoms with Crippen molar-refractivity contribution in [2.45, 2.75) is 69.2 Å². The molecule has 2 amide bonds. The van der Waals surface area contributed by atoms with Gasteiger partial charge >= 0.3 is 0 Å². The minimum Gasteiger partial charge on any atom is -0.389 e. The van der Waals surface area contributed by atoms with Crippen LogP contribution in [0.1, 0.15) is 50.7 Å². The Hall–Kier alpha value is -2.34. The average Bonchev–Trinajstić information content (AvgIpc) is 3.50. The van der Waals surface area contributed by atoms with Gasteiger partial charge in [-0.15, -0.1) is 0 Å². The Balaban J connectivity index is 1.52. The second-order valence-electron chi connectivity index (χ2n) is 12.8. The monoisotopic (exact) mass is 624 g/mol. The number of carbonyl (C=O) groups is 2. The summed E-state index contributed by atoms with van der Waals surface area (Å²) in [6.45, 7) is 7.64. The molecule has 5 rings (SSSR count). The number of hydrogen-bond donors (Lipinski definition) is 5. The molecular weight excluding hydrogens is 589 g/mol. The highest BCUT2D eigenvalue weighted by atomic mass is 35.5. The highest BCUT2D eigenvalue weighted by molar-refractivity contribution is 6.31. The summed E-state index contributed by atoms with van der Waals surface area (Å²) >= 11 is 12.3. The number of anilines is 1. The Bertz CT molecular complexity index is 1380. The minimum absolute atomic E-state index is 0.141. The molecule has 2 aromatic rings. The molecule has 0 radical (unpaired) electrons. The van der Waals surface area contributed by atoms with Gasteiger partial charge in [-0.2, -0.15) is 0 Å². The molecule has 0 unspecified atom stereocenters. The van der Waals surface area contributed by atoms with Crippen LogP contribution in [0.2, 0.25) is 10.0 Å². The number of aliphatic hydroxyl groups excluding tert-OH is 2. The maximum atomic E-state index is 15.0. The largest absolute Gasteiger partial charge is 0.389 e. The summed E-state index contributed by atoms with van der Waals surface area (Å²) < 4.78 is 29.3. The van der Waals surface area contributed by atoms with E-state index >= 15 is 4.39 Å². The van der Waals surface area contributed by atoms with Gasteiger partial charge in [0.25, 0.3) is 0 Å². The smallest absolute Gasteiger partial charge is 0.237 e. The van der Waals surface area contributed by atoms with Crippen LogP contribution in [0.15, 0.2) is 30.3 Å². The molecule has 3 heterocycles. The Labute approximate surface area is 253 Å². The maximum absolute atomic E-state index is 15.0. The van der Waals surface area contributed by atoms with E-state index in [1.807, 2.05) is 25.7 Å². The molecule has 1 spiro atoms. The number of aliphatic hydroxyl groups is 2. The molecule has 12 heteroatoms. The highest BCUT2D eigenvalue weighted by Crippen LogP contribution is 2.57. The number of carbonyl (C=O) groups excluding carboxylic acids is 2. The number of benzene rings is 2. The lowest BCUT2D eigenvalue weighted by Gasteiger charge is -2.37. The van der Waals surface area contributed by atoms with Gasteiger partial charge in [-0.25, -0.2) is 8.78 Å². The Morgan fingerprint density at radius 1 is 1.10 bits per heavy atom. The lowest BCUT2D eigenvalue weighted by molar-refractivity contribution is -0.123. The van der Waals surface area contributed by atoms with Crippen LogP contribution in [-0.4, -0.2) is 77.4 Å². The summed E-state index contributed by atoms with van der Waals surface area (Å²) in [5.74, 6) is -2.98. The summed E-state index contributed by atoms with van der Waals surface area (Å²) in [5, 5.41) is 28.5. The van der Waals surface area contributed by atoms with Crippen molar-refractivity contribution in [3.05, 3.63) is 63.1 Å². The van der Waals surface area contributed by atoms with Crippen LogP contribution in [0.25, 0.3) is 0 Å². The number of hydrogen-bond acceptors (Lipinski definition) is 6. The average molecular weight is 626 g/mol. The molecule has 228 valence electrons. The quantitative estimate of drug-likeness (QED) is 0.301. The molecule has 2 fully saturated rings. The number of fused-ring (bicyclic) bond motifs is 2. The van der Waals surface area contributed by atoms with Crippen LogP contribution in [0.3, 0.4) is 0 Å². The lowest BCUT2D eigenvalue weighted by Crippen LogP contribution is -2.49. The minimum atomic E-state index is -1.43. The van der Waals surface area contributed by atoms with Gasteiger partial charge in [-0.05, 0) is 53.6 Å². The van der Waals surface area contributed by atoms with Crippen molar-refractivity contribution >= 4 is 40.7 Å². The first-order chi connectivity index (χ1) is 19.7. The van der Waals surface area contributed by atoms with Gasteiger partial charge in [0, 0.05) is 43.8 Å². The predicted octanol–water partition coefficient (Wildman–Crippen LogP) is 3.57. The first-order valence-electron chi connectivity index (χ1n) is 14.1. The zero-order chi connectivity index (χ0) is 30.6. The van der Waals surface area contributed by atoms with Gasteiger partial charge in [-0.3, -0.25) is 14.5 Å². The van der Waals surface area contributed by atoms with E-state index in [0.717, 1.165) is 0 Å². The van der Waals surface area contributed by atoms with Crippen molar-refractivity contribution in [2.75, 3.05) is 31.5 Å². The summed E-state index contributed by atoms with van der Waals surface area (Å²) in [4.78, 5) is 29.9.